The second kappa shape index (κ2) is 7.60. The molecule has 1 heterocycles. The molecule has 0 N–H and O–H groups in total. The lowest BCUT2D eigenvalue weighted by Gasteiger charge is -2.40. The van der Waals surface area contributed by atoms with Crippen LogP contribution in [0.4, 0.5) is 0 Å². The third-order valence-electron chi connectivity index (χ3n) is 4.69. The van der Waals surface area contributed by atoms with E-state index in [0.29, 0.717) is 0 Å². The lowest BCUT2D eigenvalue weighted by molar-refractivity contribution is -0.155. The first-order chi connectivity index (χ1) is 10.4. The summed E-state index contributed by atoms with van der Waals surface area (Å²) in [5.41, 5.74) is 0. The van der Waals surface area contributed by atoms with Crippen molar-refractivity contribution in [1.29, 1.82) is 0 Å². The molecule has 1 saturated heterocycles. The van der Waals surface area contributed by atoms with E-state index < -0.39 is 20.2 Å². The molecule has 0 saturated carbocycles. The number of hydrogen-bond donors (Lipinski definition) is 0. The highest BCUT2D eigenvalue weighted by Gasteiger charge is 2.48. The Balaban J connectivity index is 3.01. The third-order valence-corrected chi connectivity index (χ3v) is 9.19. The summed E-state index contributed by atoms with van der Waals surface area (Å²) in [6.45, 7) is 16.9. The molecule has 1 fully saturated rings. The summed E-state index contributed by atoms with van der Waals surface area (Å²) >= 11 is 0. The van der Waals surface area contributed by atoms with Crippen molar-refractivity contribution in [1.82, 2.24) is 0 Å². The lowest BCUT2D eigenvalue weighted by Crippen LogP contribution is -2.49. The fourth-order valence-corrected chi connectivity index (χ4v) is 3.75. The minimum Gasteiger partial charge on any atom is -0.411 e. The molecule has 0 aliphatic carbocycles. The van der Waals surface area contributed by atoms with Gasteiger partial charge in [-0.2, -0.15) is 0 Å². The maximum absolute atomic E-state index is 11.4. The second-order valence-corrected chi connectivity index (χ2v) is 13.0. The van der Waals surface area contributed by atoms with E-state index in [4.69, 9.17) is 13.9 Å². The highest BCUT2D eigenvalue weighted by atomic mass is 28.4. The topological polar surface area (TPSA) is 44.8 Å². The number of carbonyl (C=O) groups is 1. The van der Waals surface area contributed by atoms with Gasteiger partial charge in [-0.3, -0.25) is 0 Å². The number of aldehydes is 1. The molecule has 1 rings (SSSR count). The monoisotopic (exact) mass is 342 g/mol. The predicted molar refractivity (Wildman–Crippen MR) is 96.0 cm³/mol. The van der Waals surface area contributed by atoms with E-state index in [9.17, 15) is 4.79 Å². The Kier molecular flexibility index (Phi) is 6.79. The van der Waals surface area contributed by atoms with Crippen molar-refractivity contribution in [3.63, 3.8) is 0 Å². The van der Waals surface area contributed by atoms with Crippen molar-refractivity contribution in [3.05, 3.63) is 12.2 Å². The van der Waals surface area contributed by atoms with Crippen LogP contribution in [-0.4, -0.2) is 38.7 Å². The quantitative estimate of drug-likeness (QED) is 0.389. The molecule has 4 nitrogen and oxygen atoms in total. The summed E-state index contributed by atoms with van der Waals surface area (Å²) in [5, 5.41) is 0.103. The first-order valence-corrected chi connectivity index (χ1v) is 11.5. The molecular formula is C18H34O4Si. The Bertz CT molecular complexity index is 423. The Morgan fingerprint density at radius 3 is 2.30 bits per heavy atom. The van der Waals surface area contributed by atoms with Gasteiger partial charge in [0.05, 0.1) is 6.10 Å². The third kappa shape index (κ3) is 5.52. The van der Waals surface area contributed by atoms with E-state index in [1.54, 1.807) is 0 Å². The van der Waals surface area contributed by atoms with Crippen molar-refractivity contribution in [2.24, 2.45) is 0 Å². The Morgan fingerprint density at radius 1 is 1.22 bits per heavy atom. The average molecular weight is 343 g/mol. The summed E-state index contributed by atoms with van der Waals surface area (Å²) in [7, 11) is -1.97. The van der Waals surface area contributed by atoms with Gasteiger partial charge in [0.15, 0.2) is 20.4 Å². The van der Waals surface area contributed by atoms with E-state index in [1.807, 2.05) is 13.8 Å². The van der Waals surface area contributed by atoms with E-state index in [2.05, 4.69) is 52.9 Å². The minimum atomic E-state index is -1.97. The SMILES string of the molecule is CC/C=C\C[C@H](O[Si](C)(C)C(C)(C)C)[C@@H]1OC(C)(C)O[C@H]1C=O. The summed E-state index contributed by atoms with van der Waals surface area (Å²) in [4.78, 5) is 11.4. The van der Waals surface area contributed by atoms with Crippen molar-refractivity contribution >= 4 is 14.6 Å². The first-order valence-electron chi connectivity index (χ1n) is 8.57. The van der Waals surface area contributed by atoms with Gasteiger partial charge < -0.3 is 18.7 Å². The van der Waals surface area contributed by atoms with Gasteiger partial charge >= 0.3 is 0 Å². The van der Waals surface area contributed by atoms with Gasteiger partial charge in [-0.15, -0.1) is 0 Å². The maximum Gasteiger partial charge on any atom is 0.192 e. The van der Waals surface area contributed by atoms with Gasteiger partial charge in [-0.1, -0.05) is 39.8 Å². The van der Waals surface area contributed by atoms with Crippen LogP contribution in [0.1, 0.15) is 54.4 Å². The standard InChI is InChI=1S/C18H34O4Si/c1-9-10-11-12-14(22-23(7,8)17(2,3)4)16-15(13-19)20-18(5,6)21-16/h10-11,13-16H,9,12H2,1-8H3/b11-10-/t14-,15-,16-/m0/s1. The fourth-order valence-electron chi connectivity index (χ4n) is 2.41. The van der Waals surface area contributed by atoms with Crippen LogP contribution >= 0.6 is 0 Å². The Labute approximate surface area is 142 Å². The smallest absolute Gasteiger partial charge is 0.192 e. The number of rotatable bonds is 7. The van der Waals surface area contributed by atoms with Crippen LogP contribution in [0.2, 0.25) is 18.1 Å². The van der Waals surface area contributed by atoms with Crippen LogP contribution in [0, 0.1) is 0 Å². The van der Waals surface area contributed by atoms with Gasteiger partial charge in [0, 0.05) is 0 Å². The predicted octanol–water partition coefficient (Wildman–Crippen LogP) is 4.45. The van der Waals surface area contributed by atoms with Crippen molar-refractivity contribution in [2.75, 3.05) is 0 Å². The largest absolute Gasteiger partial charge is 0.411 e. The molecule has 0 aromatic carbocycles. The molecule has 1 aliphatic rings. The number of hydrogen-bond acceptors (Lipinski definition) is 4. The molecule has 1 aliphatic heterocycles. The molecule has 0 aromatic rings. The molecule has 0 spiro atoms. The zero-order valence-electron chi connectivity index (χ0n) is 16.0. The second-order valence-electron chi connectivity index (χ2n) is 8.23. The highest BCUT2D eigenvalue weighted by molar-refractivity contribution is 6.74. The zero-order chi connectivity index (χ0) is 17.9. The van der Waals surface area contributed by atoms with Crippen molar-refractivity contribution < 1.29 is 18.7 Å². The van der Waals surface area contributed by atoms with Crippen molar-refractivity contribution in [2.45, 2.75) is 96.6 Å². The van der Waals surface area contributed by atoms with E-state index >= 15 is 0 Å². The van der Waals surface area contributed by atoms with E-state index in [-0.39, 0.29) is 17.2 Å². The zero-order valence-corrected chi connectivity index (χ0v) is 17.0. The summed E-state index contributed by atoms with van der Waals surface area (Å²) in [5.74, 6) is -0.750. The molecule has 23 heavy (non-hydrogen) atoms. The average Bonchev–Trinajstić information content (AvgIpc) is 2.71. The Hall–Kier alpha value is -0.493. The normalized spacial score (nSPS) is 26.6. The van der Waals surface area contributed by atoms with Crippen LogP contribution in [0.25, 0.3) is 0 Å². The molecule has 0 unspecified atom stereocenters. The lowest BCUT2D eigenvalue weighted by atomic mass is 10.1. The van der Waals surface area contributed by atoms with Gasteiger partial charge in [-0.05, 0) is 44.8 Å². The molecule has 0 aromatic heterocycles. The van der Waals surface area contributed by atoms with Gasteiger partial charge in [0.25, 0.3) is 0 Å². The summed E-state index contributed by atoms with van der Waals surface area (Å²) in [6, 6.07) is 0. The maximum atomic E-state index is 11.4. The number of carbonyl (C=O) groups excluding carboxylic acids is 1. The van der Waals surface area contributed by atoms with E-state index in [1.165, 1.54) is 0 Å². The molecule has 0 bridgehead atoms. The molecule has 0 amide bonds. The number of allylic oxidation sites excluding steroid dienone is 1. The fraction of sp³-hybridized carbons (Fsp3) is 0.833. The molecule has 5 heteroatoms. The van der Waals surface area contributed by atoms with Crippen LogP contribution < -0.4 is 0 Å². The molecule has 0 radical (unpaired) electrons. The number of ether oxygens (including phenoxy) is 2. The van der Waals surface area contributed by atoms with Crippen LogP contribution in [0.15, 0.2) is 12.2 Å². The first kappa shape index (κ1) is 20.6. The van der Waals surface area contributed by atoms with E-state index in [0.717, 1.165) is 19.1 Å². The minimum absolute atomic E-state index is 0.103. The van der Waals surface area contributed by atoms with Crippen molar-refractivity contribution in [3.8, 4) is 0 Å². The summed E-state index contributed by atoms with van der Waals surface area (Å²) in [6.07, 6.45) is 5.69. The highest BCUT2D eigenvalue weighted by Crippen LogP contribution is 2.40. The molecule has 3 atom stereocenters. The van der Waals surface area contributed by atoms with Crippen LogP contribution in [-0.2, 0) is 18.7 Å². The summed E-state index contributed by atoms with van der Waals surface area (Å²) < 4.78 is 18.3. The van der Waals surface area contributed by atoms with Crippen LogP contribution in [0.3, 0.4) is 0 Å². The molecular weight excluding hydrogens is 308 g/mol. The van der Waals surface area contributed by atoms with Crippen LogP contribution in [0.5, 0.6) is 0 Å². The van der Waals surface area contributed by atoms with Gasteiger partial charge in [0.2, 0.25) is 0 Å². The Morgan fingerprint density at radius 2 is 1.83 bits per heavy atom. The van der Waals surface area contributed by atoms with Gasteiger partial charge in [0.1, 0.15) is 12.2 Å². The molecule has 134 valence electrons. The van der Waals surface area contributed by atoms with Gasteiger partial charge in [-0.25, -0.2) is 0 Å².